The summed E-state index contributed by atoms with van der Waals surface area (Å²) in [6.07, 6.45) is -4.45. The lowest BCUT2D eigenvalue weighted by atomic mass is 10.2. The molecule has 11 heteroatoms. The van der Waals surface area contributed by atoms with Crippen LogP contribution in [0.2, 0.25) is 0 Å². The predicted molar refractivity (Wildman–Crippen MR) is 90.5 cm³/mol. The van der Waals surface area contributed by atoms with Crippen molar-refractivity contribution in [2.75, 3.05) is 13.7 Å². The molecular weight excluding hydrogens is 435 g/mol. The van der Waals surface area contributed by atoms with Crippen LogP contribution in [0.4, 0.5) is 18.0 Å². The molecule has 1 aromatic carbocycles. The maximum absolute atomic E-state index is 12.3. The molecule has 2 rings (SSSR count). The molecule has 0 fully saturated rings. The number of aromatic nitrogens is 2. The first-order chi connectivity index (χ1) is 12.7. The highest BCUT2D eigenvalue weighted by molar-refractivity contribution is 9.10. The number of primary amides is 1. The van der Waals surface area contributed by atoms with Gasteiger partial charge in [0.15, 0.2) is 6.61 Å². The van der Waals surface area contributed by atoms with Crippen molar-refractivity contribution in [2.24, 2.45) is 5.73 Å². The average Bonchev–Trinajstić information content (AvgIpc) is 2.59. The van der Waals surface area contributed by atoms with Crippen LogP contribution in [-0.2, 0) is 0 Å². The third-order valence-corrected chi connectivity index (χ3v) is 3.55. The fourth-order valence-corrected chi connectivity index (χ4v) is 2.19. The van der Waals surface area contributed by atoms with E-state index in [2.05, 4.69) is 42.5 Å². The van der Waals surface area contributed by atoms with E-state index in [0.717, 1.165) is 6.33 Å². The fraction of sp³-hybridized carbons (Fsp3) is 0.188. The standard InChI is InChI=1S/C16H11BrF3N3O4/c1-25-12-6-10(27-15(21)24)4-2-9(12)3-5-11-13(17)14(23-8-22-11)26-7-16(18,19)20/h2,4,6,8H,7H2,1H3,(H2,21,24). The van der Waals surface area contributed by atoms with Crippen LogP contribution in [0.1, 0.15) is 11.3 Å². The summed E-state index contributed by atoms with van der Waals surface area (Å²) in [6.45, 7) is -1.50. The van der Waals surface area contributed by atoms with E-state index in [9.17, 15) is 18.0 Å². The topological polar surface area (TPSA) is 96.6 Å². The molecule has 2 N–H and O–H groups in total. The molecule has 0 atom stereocenters. The summed E-state index contributed by atoms with van der Waals surface area (Å²) in [5.41, 5.74) is 5.47. The van der Waals surface area contributed by atoms with Gasteiger partial charge < -0.3 is 19.9 Å². The molecule has 7 nitrogen and oxygen atoms in total. The summed E-state index contributed by atoms with van der Waals surface area (Å²) in [5, 5.41) is 0. The second-order valence-corrected chi connectivity index (χ2v) is 5.57. The lowest BCUT2D eigenvalue weighted by molar-refractivity contribution is -0.154. The second-order valence-electron chi connectivity index (χ2n) is 4.78. The number of nitrogens with two attached hydrogens (primary N) is 1. The molecule has 0 saturated carbocycles. The van der Waals surface area contributed by atoms with Crippen molar-refractivity contribution >= 4 is 22.0 Å². The monoisotopic (exact) mass is 445 g/mol. The first-order valence-electron chi connectivity index (χ1n) is 7.07. The van der Waals surface area contributed by atoms with Crippen LogP contribution in [-0.4, -0.2) is 36.0 Å². The van der Waals surface area contributed by atoms with E-state index < -0.39 is 18.9 Å². The van der Waals surface area contributed by atoms with Gasteiger partial charge in [0.1, 0.15) is 28.0 Å². The molecule has 142 valence electrons. The van der Waals surface area contributed by atoms with Gasteiger partial charge in [-0.2, -0.15) is 13.2 Å². The van der Waals surface area contributed by atoms with Gasteiger partial charge in [-0.15, -0.1) is 0 Å². The lowest BCUT2D eigenvalue weighted by Gasteiger charge is -2.09. The first-order valence-corrected chi connectivity index (χ1v) is 7.86. The third kappa shape index (κ3) is 6.03. The zero-order chi connectivity index (χ0) is 20.0. The van der Waals surface area contributed by atoms with E-state index in [4.69, 9.17) is 15.2 Å². The zero-order valence-electron chi connectivity index (χ0n) is 13.6. The van der Waals surface area contributed by atoms with E-state index in [0.29, 0.717) is 11.3 Å². The Morgan fingerprint density at radius 2 is 2.04 bits per heavy atom. The van der Waals surface area contributed by atoms with Crippen molar-refractivity contribution in [3.63, 3.8) is 0 Å². The van der Waals surface area contributed by atoms with Gasteiger partial charge in [0.05, 0.1) is 12.7 Å². The number of nitrogens with zero attached hydrogens (tertiary/aromatic N) is 2. The van der Waals surface area contributed by atoms with E-state index in [1.54, 1.807) is 0 Å². The number of halogens is 4. The lowest BCUT2D eigenvalue weighted by Crippen LogP contribution is -2.20. The SMILES string of the molecule is COc1cc(OC(N)=O)ccc1C#Cc1ncnc(OCC(F)(F)F)c1Br. The summed E-state index contributed by atoms with van der Waals surface area (Å²) < 4.78 is 51.4. The van der Waals surface area contributed by atoms with Crippen molar-refractivity contribution in [2.45, 2.75) is 6.18 Å². The van der Waals surface area contributed by atoms with Crippen LogP contribution in [0.3, 0.4) is 0 Å². The van der Waals surface area contributed by atoms with Crippen molar-refractivity contribution in [1.29, 1.82) is 0 Å². The van der Waals surface area contributed by atoms with Gasteiger partial charge in [-0.25, -0.2) is 14.8 Å². The number of carbonyl (C=O) groups excluding carboxylic acids is 1. The van der Waals surface area contributed by atoms with E-state index in [-0.39, 0.29) is 21.8 Å². The number of hydrogen-bond donors (Lipinski definition) is 1. The average molecular weight is 446 g/mol. The summed E-state index contributed by atoms with van der Waals surface area (Å²) >= 11 is 3.07. The molecule has 0 aliphatic carbocycles. The van der Waals surface area contributed by atoms with Crippen molar-refractivity contribution in [3.05, 3.63) is 40.3 Å². The number of alkyl halides is 3. The number of rotatable bonds is 4. The molecule has 0 aliphatic rings. The molecule has 1 aromatic heterocycles. The minimum absolute atomic E-state index is 0.0781. The number of hydrogen-bond acceptors (Lipinski definition) is 6. The van der Waals surface area contributed by atoms with Crippen molar-refractivity contribution in [3.8, 4) is 29.2 Å². The number of amides is 1. The van der Waals surface area contributed by atoms with Crippen LogP contribution in [0, 0.1) is 11.8 Å². The van der Waals surface area contributed by atoms with Gasteiger partial charge in [0.25, 0.3) is 0 Å². The normalized spacial score (nSPS) is 10.6. The zero-order valence-corrected chi connectivity index (χ0v) is 15.2. The van der Waals surface area contributed by atoms with Crippen LogP contribution in [0.15, 0.2) is 29.0 Å². The number of benzene rings is 1. The highest BCUT2D eigenvalue weighted by Crippen LogP contribution is 2.27. The quantitative estimate of drug-likeness (QED) is 0.726. The largest absolute Gasteiger partial charge is 0.495 e. The molecule has 0 aliphatic heterocycles. The summed E-state index contributed by atoms with van der Waals surface area (Å²) in [7, 11) is 1.39. The number of carbonyl (C=O) groups is 1. The number of ether oxygens (including phenoxy) is 3. The molecule has 0 radical (unpaired) electrons. The Kier molecular flexibility index (Phi) is 6.46. The van der Waals surface area contributed by atoms with Gasteiger partial charge in [-0.3, -0.25) is 0 Å². The van der Waals surface area contributed by atoms with E-state index in [1.165, 1.54) is 25.3 Å². The molecular formula is C16H11BrF3N3O4. The third-order valence-electron chi connectivity index (χ3n) is 2.84. The Morgan fingerprint density at radius 1 is 1.30 bits per heavy atom. The Bertz CT molecular complexity index is 910. The summed E-state index contributed by atoms with van der Waals surface area (Å²) in [5.74, 6) is 5.60. The summed E-state index contributed by atoms with van der Waals surface area (Å²) in [4.78, 5) is 18.3. The predicted octanol–water partition coefficient (Wildman–Crippen LogP) is 3.05. The summed E-state index contributed by atoms with van der Waals surface area (Å²) in [6, 6.07) is 4.37. The van der Waals surface area contributed by atoms with Crippen LogP contribution in [0.25, 0.3) is 0 Å². The molecule has 0 saturated heterocycles. The maximum atomic E-state index is 12.3. The fourth-order valence-electron chi connectivity index (χ4n) is 1.77. The Hall–Kier alpha value is -3.00. The molecule has 1 amide bonds. The molecule has 27 heavy (non-hydrogen) atoms. The van der Waals surface area contributed by atoms with Gasteiger partial charge in [-0.1, -0.05) is 5.92 Å². The molecule has 0 spiro atoms. The van der Waals surface area contributed by atoms with E-state index >= 15 is 0 Å². The van der Waals surface area contributed by atoms with Crippen LogP contribution < -0.4 is 19.9 Å². The minimum atomic E-state index is -4.50. The molecule has 0 unspecified atom stereocenters. The minimum Gasteiger partial charge on any atom is -0.495 e. The Morgan fingerprint density at radius 3 is 2.67 bits per heavy atom. The van der Waals surface area contributed by atoms with Crippen LogP contribution >= 0.6 is 15.9 Å². The maximum Gasteiger partial charge on any atom is 0.422 e. The van der Waals surface area contributed by atoms with Gasteiger partial charge >= 0.3 is 12.3 Å². The molecule has 1 heterocycles. The van der Waals surface area contributed by atoms with E-state index in [1.807, 2.05) is 0 Å². The van der Waals surface area contributed by atoms with Crippen LogP contribution in [0.5, 0.6) is 17.4 Å². The Labute approximate surface area is 159 Å². The smallest absolute Gasteiger partial charge is 0.422 e. The number of methoxy groups -OCH3 is 1. The second kappa shape index (κ2) is 8.59. The highest BCUT2D eigenvalue weighted by atomic mass is 79.9. The van der Waals surface area contributed by atoms with Gasteiger partial charge in [-0.05, 0) is 34.0 Å². The molecule has 2 aromatic rings. The van der Waals surface area contributed by atoms with Crippen molar-refractivity contribution < 1.29 is 32.2 Å². The van der Waals surface area contributed by atoms with Gasteiger partial charge in [0.2, 0.25) is 5.88 Å². The van der Waals surface area contributed by atoms with Gasteiger partial charge in [0, 0.05) is 6.07 Å². The Balaban J connectivity index is 2.28. The van der Waals surface area contributed by atoms with Crippen molar-refractivity contribution in [1.82, 2.24) is 9.97 Å². The molecule has 0 bridgehead atoms. The highest BCUT2D eigenvalue weighted by Gasteiger charge is 2.29. The first kappa shape index (κ1) is 20.3.